The summed E-state index contributed by atoms with van der Waals surface area (Å²) in [7, 11) is -1.80. The van der Waals surface area contributed by atoms with Crippen LogP contribution in [0, 0.1) is 18.7 Å². The van der Waals surface area contributed by atoms with Crippen molar-refractivity contribution in [1.82, 2.24) is 4.98 Å². The highest BCUT2D eigenvalue weighted by Crippen LogP contribution is 2.54. The Morgan fingerprint density at radius 1 is 1.14 bits per heavy atom. The zero-order chi connectivity index (χ0) is 25.9. The van der Waals surface area contributed by atoms with Crippen LogP contribution in [-0.2, 0) is 25.9 Å². The quantitative estimate of drug-likeness (QED) is 0.265. The van der Waals surface area contributed by atoms with Crippen LogP contribution in [0.15, 0.2) is 78.9 Å². The Morgan fingerprint density at radius 3 is 2.39 bits per heavy atom. The summed E-state index contributed by atoms with van der Waals surface area (Å²) in [5.41, 5.74) is 0.338. The summed E-state index contributed by atoms with van der Waals surface area (Å²) in [6, 6.07) is 18.0. The van der Waals surface area contributed by atoms with E-state index in [1.165, 1.54) is 30.3 Å². The van der Waals surface area contributed by atoms with Gasteiger partial charge in [-0.05, 0) is 65.7 Å². The van der Waals surface area contributed by atoms with E-state index in [1.807, 2.05) is 37.3 Å². The lowest BCUT2D eigenvalue weighted by Crippen LogP contribution is -2.55. The fourth-order valence-corrected chi connectivity index (χ4v) is 5.50. The number of carboxylic acid groups (broad SMARTS) is 1. The van der Waals surface area contributed by atoms with Crippen LogP contribution >= 0.6 is 8.03 Å². The summed E-state index contributed by atoms with van der Waals surface area (Å²) in [5, 5.41) is 20.6. The Bertz CT molecular complexity index is 1290. The average molecular weight is 509 g/mol. The van der Waals surface area contributed by atoms with E-state index in [1.54, 1.807) is 18.2 Å². The van der Waals surface area contributed by atoms with Gasteiger partial charge < -0.3 is 10.2 Å². The maximum Gasteiger partial charge on any atom is 0.534 e. The topological polar surface area (TPSA) is 96.7 Å². The summed E-state index contributed by atoms with van der Waals surface area (Å²) in [4.78, 5) is 17.7. The number of rotatable bonds is 10. The van der Waals surface area contributed by atoms with Crippen LogP contribution in [0.2, 0.25) is 0 Å². The van der Waals surface area contributed by atoms with Gasteiger partial charge in [0, 0.05) is 12.0 Å². The van der Waals surface area contributed by atoms with Crippen LogP contribution in [0.4, 0.5) is 4.39 Å². The SMILES string of the molecule is CO[P+](=O)C(C=CC1CC1)(C(=O)O)C(O)(Cc1ccc(F)cc1)c1ccc(C)c(-c2ccccc2)n1. The number of aryl methyl sites for hydroxylation is 1. The molecular formula is C28H28FNO5P+. The van der Waals surface area contributed by atoms with Gasteiger partial charge in [-0.3, -0.25) is 0 Å². The Morgan fingerprint density at radius 2 is 1.81 bits per heavy atom. The summed E-state index contributed by atoms with van der Waals surface area (Å²) < 4.78 is 32.2. The molecular weight excluding hydrogens is 480 g/mol. The fourth-order valence-electron chi connectivity index (χ4n) is 4.35. The van der Waals surface area contributed by atoms with Gasteiger partial charge in [0.15, 0.2) is 5.60 Å². The molecule has 0 amide bonds. The van der Waals surface area contributed by atoms with Crippen LogP contribution in [0.5, 0.6) is 0 Å². The summed E-state index contributed by atoms with van der Waals surface area (Å²) in [6.45, 7) is 1.87. The summed E-state index contributed by atoms with van der Waals surface area (Å²) in [5.74, 6) is -1.83. The number of aromatic nitrogens is 1. The Hall–Kier alpha value is -3.25. The molecule has 3 unspecified atom stereocenters. The van der Waals surface area contributed by atoms with Gasteiger partial charge in [0.1, 0.15) is 5.82 Å². The number of nitrogens with zero attached hydrogens (tertiary/aromatic N) is 1. The highest BCUT2D eigenvalue weighted by Gasteiger charge is 2.71. The summed E-state index contributed by atoms with van der Waals surface area (Å²) >= 11 is 0. The van der Waals surface area contributed by atoms with E-state index in [-0.39, 0.29) is 18.0 Å². The van der Waals surface area contributed by atoms with Crippen molar-refractivity contribution in [2.24, 2.45) is 5.92 Å². The largest absolute Gasteiger partial charge is 0.534 e. The van der Waals surface area contributed by atoms with Gasteiger partial charge in [-0.2, -0.15) is 0 Å². The maximum absolute atomic E-state index is 13.6. The minimum Gasteiger partial charge on any atom is -0.477 e. The number of carboxylic acids is 1. The molecule has 186 valence electrons. The standard InChI is InChI=1S/C28H27FNO5P/c1-19-8-15-24(30-25(19)22-6-4-3-5-7-22)27(33,18-21-11-13-23(29)14-12-21)28(26(31)32,36(34)35-2)17-16-20-9-10-20/h3-8,11-17,20,33H,9-10,18H2,1-2H3/p+1. The van der Waals surface area contributed by atoms with Crippen LogP contribution in [-0.4, -0.2) is 33.4 Å². The minimum absolute atomic E-state index is 0.0273. The third-order valence-corrected chi connectivity index (χ3v) is 8.20. The third-order valence-electron chi connectivity index (χ3n) is 6.58. The fraction of sp³-hybridized carbons (Fsp3) is 0.286. The molecule has 1 aromatic heterocycles. The lowest BCUT2D eigenvalue weighted by atomic mass is 9.77. The zero-order valence-corrected chi connectivity index (χ0v) is 21.0. The van der Waals surface area contributed by atoms with Crippen molar-refractivity contribution in [1.29, 1.82) is 0 Å². The molecule has 0 bridgehead atoms. The molecule has 1 aliphatic rings. The molecule has 1 heterocycles. The van der Waals surface area contributed by atoms with E-state index < -0.39 is 30.6 Å². The number of allylic oxidation sites excluding steroid dienone is 1. The molecule has 2 N–H and O–H groups in total. The van der Waals surface area contributed by atoms with E-state index in [9.17, 15) is 24.0 Å². The van der Waals surface area contributed by atoms with Gasteiger partial charge in [-0.25, -0.2) is 14.2 Å². The first-order valence-corrected chi connectivity index (χ1v) is 12.8. The van der Waals surface area contributed by atoms with Crippen LogP contribution < -0.4 is 0 Å². The van der Waals surface area contributed by atoms with Crippen molar-refractivity contribution in [3.8, 4) is 11.3 Å². The average Bonchev–Trinajstić information content (AvgIpc) is 3.70. The zero-order valence-electron chi connectivity index (χ0n) is 20.1. The lowest BCUT2D eigenvalue weighted by Gasteiger charge is -2.34. The Labute approximate surface area is 210 Å². The number of hydrogen-bond donors (Lipinski definition) is 2. The monoisotopic (exact) mass is 508 g/mol. The summed E-state index contributed by atoms with van der Waals surface area (Å²) in [6.07, 6.45) is 4.47. The molecule has 1 saturated carbocycles. The normalized spacial score (nSPS) is 17.4. The molecule has 1 fully saturated rings. The van der Waals surface area contributed by atoms with Crippen molar-refractivity contribution in [3.05, 3.63) is 102 Å². The molecule has 3 aromatic rings. The predicted octanol–water partition coefficient (Wildman–Crippen LogP) is 5.80. The second kappa shape index (κ2) is 10.4. The number of hydrogen-bond acceptors (Lipinski definition) is 5. The van der Waals surface area contributed by atoms with Crippen molar-refractivity contribution in [2.45, 2.75) is 36.9 Å². The number of carbonyl (C=O) groups is 1. The van der Waals surface area contributed by atoms with Crippen molar-refractivity contribution >= 4 is 14.0 Å². The second-order valence-corrected chi connectivity index (χ2v) is 10.7. The Balaban J connectivity index is 1.98. The smallest absolute Gasteiger partial charge is 0.477 e. The molecule has 0 aliphatic heterocycles. The van der Waals surface area contributed by atoms with Crippen molar-refractivity contribution in [2.75, 3.05) is 7.11 Å². The maximum atomic E-state index is 13.6. The first-order valence-electron chi connectivity index (χ1n) is 11.7. The lowest BCUT2D eigenvalue weighted by molar-refractivity contribution is -0.147. The number of aliphatic carboxylic acids is 1. The van der Waals surface area contributed by atoms with E-state index >= 15 is 0 Å². The second-order valence-electron chi connectivity index (χ2n) is 9.10. The van der Waals surface area contributed by atoms with Crippen LogP contribution in [0.1, 0.15) is 29.7 Å². The number of pyridine rings is 1. The molecule has 6 nitrogen and oxygen atoms in total. The Kier molecular flexibility index (Phi) is 7.46. The van der Waals surface area contributed by atoms with E-state index in [0.717, 1.165) is 31.1 Å². The van der Waals surface area contributed by atoms with Gasteiger partial charge in [0.25, 0.3) is 0 Å². The van der Waals surface area contributed by atoms with Gasteiger partial charge in [-0.15, -0.1) is 4.52 Å². The van der Waals surface area contributed by atoms with Crippen LogP contribution in [0.3, 0.4) is 0 Å². The number of benzene rings is 2. The molecule has 0 saturated heterocycles. The van der Waals surface area contributed by atoms with Gasteiger partial charge in [0.05, 0.1) is 18.5 Å². The van der Waals surface area contributed by atoms with Crippen molar-refractivity contribution < 1.29 is 28.5 Å². The molecule has 3 atom stereocenters. The van der Waals surface area contributed by atoms with E-state index in [2.05, 4.69) is 0 Å². The molecule has 4 rings (SSSR count). The third kappa shape index (κ3) is 4.87. The van der Waals surface area contributed by atoms with Crippen LogP contribution in [0.25, 0.3) is 11.3 Å². The number of halogens is 1. The predicted molar refractivity (Wildman–Crippen MR) is 135 cm³/mol. The highest BCUT2D eigenvalue weighted by molar-refractivity contribution is 7.43. The molecule has 0 radical (unpaired) electrons. The van der Waals surface area contributed by atoms with E-state index in [4.69, 9.17) is 9.51 Å². The first-order chi connectivity index (χ1) is 17.2. The van der Waals surface area contributed by atoms with Gasteiger partial charge >= 0.3 is 19.2 Å². The van der Waals surface area contributed by atoms with E-state index in [0.29, 0.717) is 11.3 Å². The molecule has 2 aromatic carbocycles. The highest BCUT2D eigenvalue weighted by atomic mass is 31.1. The number of aliphatic hydroxyl groups is 1. The first kappa shape index (κ1) is 25.8. The molecule has 36 heavy (non-hydrogen) atoms. The van der Waals surface area contributed by atoms with Crippen molar-refractivity contribution in [3.63, 3.8) is 0 Å². The molecule has 1 aliphatic carbocycles. The van der Waals surface area contributed by atoms with Gasteiger partial charge in [-0.1, -0.05) is 54.6 Å². The molecule has 0 spiro atoms. The van der Waals surface area contributed by atoms with Gasteiger partial charge in [0.2, 0.25) is 0 Å². The molecule has 8 heteroatoms. The minimum atomic E-state index is -2.95.